The zero-order chi connectivity index (χ0) is 26.4. The highest BCUT2D eigenvalue weighted by Gasteiger charge is 2.34. The second kappa shape index (κ2) is 11.2. The van der Waals surface area contributed by atoms with Gasteiger partial charge in [0, 0.05) is 30.2 Å². The Hall–Kier alpha value is -4.33. The maximum Gasteiger partial charge on any atom is 0.277 e. The number of anilines is 1. The van der Waals surface area contributed by atoms with E-state index in [0.29, 0.717) is 17.7 Å². The number of carbonyl (C=O) groups is 2. The number of nitrogens with zero attached hydrogens (tertiary/aromatic N) is 3. The molecule has 1 atom stereocenters. The van der Waals surface area contributed by atoms with E-state index in [1.807, 2.05) is 24.3 Å². The van der Waals surface area contributed by atoms with Crippen LogP contribution in [0.5, 0.6) is 0 Å². The van der Waals surface area contributed by atoms with Gasteiger partial charge in [0.05, 0.1) is 12.5 Å². The van der Waals surface area contributed by atoms with Crippen LogP contribution in [0.2, 0.25) is 0 Å². The highest BCUT2D eigenvalue weighted by molar-refractivity contribution is 6.09. The van der Waals surface area contributed by atoms with Crippen molar-refractivity contribution in [2.24, 2.45) is 0 Å². The monoisotopic (exact) mass is 499 g/mol. The van der Waals surface area contributed by atoms with Crippen molar-refractivity contribution in [3.63, 3.8) is 0 Å². The number of hydrogen-bond acceptors (Lipinski definition) is 4. The van der Waals surface area contributed by atoms with Gasteiger partial charge in [0.25, 0.3) is 5.91 Å². The lowest BCUT2D eigenvalue weighted by Crippen LogP contribution is -2.44. The molecule has 2 amide bonds. The molecule has 2 aromatic carbocycles. The third-order valence-electron chi connectivity index (χ3n) is 6.07. The summed E-state index contributed by atoms with van der Waals surface area (Å²) in [5.74, 6) is -1.11. The fraction of sp³-hybridized carbons (Fsp3) is 0.241. The molecule has 1 unspecified atom stereocenters. The number of carbonyl (C=O) groups excluding carboxylic acids is 2. The Labute approximate surface area is 215 Å². The summed E-state index contributed by atoms with van der Waals surface area (Å²) in [6, 6.07) is 16.4. The SMILES string of the molecule is CC(C)(C)c1ccc(N(C(=O)c2cnc[nH]2)C(C(=O)NCCc2cccc(F)c2)c2cccnc2)cc1. The first kappa shape index (κ1) is 25.8. The zero-order valence-corrected chi connectivity index (χ0v) is 21.1. The Morgan fingerprint density at radius 2 is 1.81 bits per heavy atom. The largest absolute Gasteiger partial charge is 0.354 e. The van der Waals surface area contributed by atoms with E-state index in [9.17, 15) is 14.0 Å². The Bertz CT molecular complexity index is 1330. The van der Waals surface area contributed by atoms with Crippen LogP contribution in [0, 0.1) is 5.82 Å². The molecule has 2 heterocycles. The maximum absolute atomic E-state index is 13.8. The molecule has 2 N–H and O–H groups in total. The predicted octanol–water partition coefficient (Wildman–Crippen LogP) is 4.99. The number of benzene rings is 2. The van der Waals surface area contributed by atoms with Crippen LogP contribution in [-0.4, -0.2) is 33.3 Å². The normalized spacial score (nSPS) is 12.1. The molecule has 8 heteroatoms. The average molecular weight is 500 g/mol. The average Bonchev–Trinajstić information content (AvgIpc) is 3.42. The molecule has 4 aromatic rings. The van der Waals surface area contributed by atoms with E-state index in [0.717, 1.165) is 11.1 Å². The van der Waals surface area contributed by atoms with Crippen LogP contribution in [-0.2, 0) is 16.6 Å². The number of pyridine rings is 1. The minimum absolute atomic E-state index is 0.0756. The first-order valence-electron chi connectivity index (χ1n) is 12.1. The van der Waals surface area contributed by atoms with E-state index in [-0.39, 0.29) is 29.4 Å². The molecule has 0 spiro atoms. The van der Waals surface area contributed by atoms with E-state index in [2.05, 4.69) is 41.0 Å². The molecule has 190 valence electrons. The number of aromatic nitrogens is 3. The lowest BCUT2D eigenvalue weighted by molar-refractivity contribution is -0.122. The summed E-state index contributed by atoms with van der Waals surface area (Å²) < 4.78 is 13.6. The van der Waals surface area contributed by atoms with Crippen LogP contribution in [0.3, 0.4) is 0 Å². The number of nitrogens with one attached hydrogen (secondary N) is 2. The van der Waals surface area contributed by atoms with Gasteiger partial charge in [-0.2, -0.15) is 0 Å². The van der Waals surface area contributed by atoms with Crippen LogP contribution >= 0.6 is 0 Å². The minimum atomic E-state index is -1.00. The molecule has 0 aliphatic carbocycles. The first-order valence-corrected chi connectivity index (χ1v) is 12.1. The third-order valence-corrected chi connectivity index (χ3v) is 6.07. The summed E-state index contributed by atoms with van der Waals surface area (Å²) in [6.07, 6.45) is 6.49. The van der Waals surface area contributed by atoms with Crippen molar-refractivity contribution in [1.29, 1.82) is 0 Å². The van der Waals surface area contributed by atoms with Gasteiger partial charge in [0.1, 0.15) is 17.6 Å². The second-order valence-electron chi connectivity index (χ2n) is 9.80. The molecule has 0 radical (unpaired) electrons. The summed E-state index contributed by atoms with van der Waals surface area (Å²) in [5, 5.41) is 2.93. The molecular weight excluding hydrogens is 469 g/mol. The highest BCUT2D eigenvalue weighted by atomic mass is 19.1. The van der Waals surface area contributed by atoms with Crippen molar-refractivity contribution in [2.45, 2.75) is 38.6 Å². The molecule has 7 nitrogen and oxygen atoms in total. The van der Waals surface area contributed by atoms with Crippen molar-refractivity contribution in [2.75, 3.05) is 11.4 Å². The van der Waals surface area contributed by atoms with Crippen molar-refractivity contribution in [3.05, 3.63) is 114 Å². The lowest BCUT2D eigenvalue weighted by atomic mass is 9.87. The maximum atomic E-state index is 13.8. The number of imidazole rings is 1. The number of amides is 2. The van der Waals surface area contributed by atoms with Crippen molar-refractivity contribution >= 4 is 17.5 Å². The minimum Gasteiger partial charge on any atom is -0.354 e. The molecule has 0 bridgehead atoms. The van der Waals surface area contributed by atoms with Gasteiger partial charge < -0.3 is 10.3 Å². The van der Waals surface area contributed by atoms with E-state index in [1.165, 1.54) is 29.6 Å². The van der Waals surface area contributed by atoms with Gasteiger partial charge in [0.2, 0.25) is 5.91 Å². The molecule has 4 rings (SSSR count). The third kappa shape index (κ3) is 6.27. The second-order valence-corrected chi connectivity index (χ2v) is 9.80. The number of aromatic amines is 1. The topological polar surface area (TPSA) is 91.0 Å². The van der Waals surface area contributed by atoms with Crippen LogP contribution in [0.4, 0.5) is 10.1 Å². The van der Waals surface area contributed by atoms with Crippen LogP contribution in [0.15, 0.2) is 85.6 Å². The summed E-state index contributed by atoms with van der Waals surface area (Å²) in [5.41, 5.74) is 3.15. The summed E-state index contributed by atoms with van der Waals surface area (Å²) in [7, 11) is 0. The Morgan fingerprint density at radius 1 is 1.03 bits per heavy atom. The van der Waals surface area contributed by atoms with E-state index in [1.54, 1.807) is 36.7 Å². The van der Waals surface area contributed by atoms with E-state index >= 15 is 0 Å². The highest BCUT2D eigenvalue weighted by Crippen LogP contribution is 2.31. The number of H-pyrrole nitrogens is 1. The van der Waals surface area contributed by atoms with Crippen molar-refractivity contribution < 1.29 is 14.0 Å². The molecule has 0 fully saturated rings. The first-order chi connectivity index (χ1) is 17.7. The van der Waals surface area contributed by atoms with Crippen molar-refractivity contribution in [1.82, 2.24) is 20.3 Å². The van der Waals surface area contributed by atoms with Crippen LogP contribution in [0.25, 0.3) is 0 Å². The number of hydrogen-bond donors (Lipinski definition) is 2. The van der Waals surface area contributed by atoms with Gasteiger partial charge in [-0.1, -0.05) is 51.1 Å². The quantitative estimate of drug-likeness (QED) is 0.357. The smallest absolute Gasteiger partial charge is 0.277 e. The Kier molecular flexibility index (Phi) is 7.77. The summed E-state index contributed by atoms with van der Waals surface area (Å²) >= 11 is 0. The molecule has 0 saturated carbocycles. The van der Waals surface area contributed by atoms with Gasteiger partial charge in [-0.15, -0.1) is 0 Å². The van der Waals surface area contributed by atoms with Gasteiger partial charge >= 0.3 is 0 Å². The molecule has 0 aliphatic heterocycles. The van der Waals surface area contributed by atoms with E-state index < -0.39 is 11.9 Å². The predicted molar refractivity (Wildman–Crippen MR) is 141 cm³/mol. The molecule has 0 saturated heterocycles. The van der Waals surface area contributed by atoms with Gasteiger partial charge in [-0.3, -0.25) is 19.5 Å². The van der Waals surface area contributed by atoms with Crippen molar-refractivity contribution in [3.8, 4) is 0 Å². The number of rotatable bonds is 8. The fourth-order valence-corrected chi connectivity index (χ4v) is 4.08. The van der Waals surface area contributed by atoms with E-state index in [4.69, 9.17) is 0 Å². The molecule has 37 heavy (non-hydrogen) atoms. The fourth-order valence-electron chi connectivity index (χ4n) is 4.08. The summed E-state index contributed by atoms with van der Waals surface area (Å²) in [4.78, 5) is 39.9. The number of halogens is 1. The lowest BCUT2D eigenvalue weighted by Gasteiger charge is -2.31. The molecule has 2 aromatic heterocycles. The zero-order valence-electron chi connectivity index (χ0n) is 21.1. The Balaban J connectivity index is 1.69. The van der Waals surface area contributed by atoms with Gasteiger partial charge in [-0.05, 0) is 53.3 Å². The van der Waals surface area contributed by atoms with Gasteiger partial charge in [0.15, 0.2) is 0 Å². The summed E-state index contributed by atoms with van der Waals surface area (Å²) in [6.45, 7) is 6.61. The molecular formula is C29H30FN5O2. The van der Waals surface area contributed by atoms with Gasteiger partial charge in [-0.25, -0.2) is 9.37 Å². The van der Waals surface area contributed by atoms with Crippen LogP contribution < -0.4 is 10.2 Å². The molecule has 0 aliphatic rings. The van der Waals surface area contributed by atoms with Crippen LogP contribution in [0.1, 0.15) is 54.0 Å². The standard InChI is InChI=1S/C29H30FN5O2/c1-29(2,3)22-9-11-24(12-10-22)35(28(37)25-18-32-19-34-25)26(21-7-5-14-31-17-21)27(36)33-15-13-20-6-4-8-23(30)16-20/h4-12,14,16-19,26H,13,15H2,1-3H3,(H,32,34)(H,33,36). The Morgan fingerprint density at radius 3 is 2.43 bits per heavy atom.